The van der Waals surface area contributed by atoms with Gasteiger partial charge in [0.05, 0.1) is 0 Å². The highest BCUT2D eigenvalue weighted by molar-refractivity contribution is 7.13. The number of para-hydroxylation sites is 1. The number of hydrogen-bond donors (Lipinski definition) is 1. The van der Waals surface area contributed by atoms with E-state index in [9.17, 15) is 4.79 Å². The van der Waals surface area contributed by atoms with Crippen molar-refractivity contribution in [3.05, 3.63) is 41.4 Å². The third-order valence-corrected chi connectivity index (χ3v) is 3.29. The van der Waals surface area contributed by atoms with Crippen LogP contribution in [-0.2, 0) is 11.2 Å². The maximum atomic E-state index is 11.9. The summed E-state index contributed by atoms with van der Waals surface area (Å²) in [5.41, 5.74) is 1.08. The standard InChI is InChI=1S/C12H10N2O2S/c15-11(14-12-13-5-6-17-12)10-7-8-3-1-2-4-9(8)16-10/h1-6,10H,7H2,(H,13,14,15)/t10-/m0/s1. The van der Waals surface area contributed by atoms with Gasteiger partial charge in [0.2, 0.25) is 0 Å². The van der Waals surface area contributed by atoms with Crippen LogP contribution in [0.4, 0.5) is 5.13 Å². The summed E-state index contributed by atoms with van der Waals surface area (Å²) in [5, 5.41) is 5.17. The lowest BCUT2D eigenvalue weighted by Gasteiger charge is -2.09. The van der Waals surface area contributed by atoms with E-state index in [1.807, 2.05) is 29.6 Å². The van der Waals surface area contributed by atoms with Crippen molar-refractivity contribution < 1.29 is 9.53 Å². The van der Waals surface area contributed by atoms with E-state index >= 15 is 0 Å². The van der Waals surface area contributed by atoms with Crippen LogP contribution in [0.1, 0.15) is 5.56 Å². The van der Waals surface area contributed by atoms with Crippen molar-refractivity contribution in [3.63, 3.8) is 0 Å². The summed E-state index contributed by atoms with van der Waals surface area (Å²) in [6.45, 7) is 0. The Balaban J connectivity index is 1.70. The van der Waals surface area contributed by atoms with E-state index in [1.54, 1.807) is 6.20 Å². The Labute approximate surface area is 102 Å². The monoisotopic (exact) mass is 246 g/mol. The molecule has 0 spiro atoms. The molecule has 1 N–H and O–H groups in total. The lowest BCUT2D eigenvalue weighted by molar-refractivity contribution is -0.122. The van der Waals surface area contributed by atoms with Gasteiger partial charge >= 0.3 is 0 Å². The fraction of sp³-hybridized carbons (Fsp3) is 0.167. The SMILES string of the molecule is O=C(Nc1nccs1)[C@@H]1Cc2ccccc2O1. The second kappa shape index (κ2) is 4.18. The van der Waals surface area contributed by atoms with E-state index < -0.39 is 6.10 Å². The first-order valence-electron chi connectivity index (χ1n) is 5.28. The molecule has 0 saturated heterocycles. The van der Waals surface area contributed by atoms with Crippen LogP contribution in [0.2, 0.25) is 0 Å². The predicted molar refractivity (Wildman–Crippen MR) is 65.3 cm³/mol. The van der Waals surface area contributed by atoms with Gasteiger partial charge in [-0.1, -0.05) is 18.2 Å². The highest BCUT2D eigenvalue weighted by Crippen LogP contribution is 2.28. The van der Waals surface area contributed by atoms with Gasteiger partial charge in [-0.25, -0.2) is 4.98 Å². The summed E-state index contributed by atoms with van der Waals surface area (Å²) >= 11 is 1.40. The molecule has 1 aromatic heterocycles. The summed E-state index contributed by atoms with van der Waals surface area (Å²) in [7, 11) is 0. The van der Waals surface area contributed by atoms with Crippen LogP contribution < -0.4 is 10.1 Å². The van der Waals surface area contributed by atoms with Crippen LogP contribution in [0.15, 0.2) is 35.8 Å². The quantitative estimate of drug-likeness (QED) is 0.882. The third kappa shape index (κ3) is 2.01. The second-order valence-corrected chi connectivity index (χ2v) is 4.64. The number of nitrogens with one attached hydrogen (secondary N) is 1. The van der Waals surface area contributed by atoms with Crippen LogP contribution >= 0.6 is 11.3 Å². The van der Waals surface area contributed by atoms with Crippen molar-refractivity contribution in [2.75, 3.05) is 5.32 Å². The van der Waals surface area contributed by atoms with Gasteiger partial charge in [-0.2, -0.15) is 0 Å². The Morgan fingerprint density at radius 1 is 1.47 bits per heavy atom. The van der Waals surface area contributed by atoms with E-state index in [0.29, 0.717) is 11.6 Å². The van der Waals surface area contributed by atoms with E-state index in [1.165, 1.54) is 11.3 Å². The maximum absolute atomic E-state index is 11.9. The van der Waals surface area contributed by atoms with Crippen LogP contribution in [0.5, 0.6) is 5.75 Å². The molecule has 1 atom stereocenters. The fourth-order valence-corrected chi connectivity index (χ4v) is 2.33. The third-order valence-electron chi connectivity index (χ3n) is 2.60. The maximum Gasteiger partial charge on any atom is 0.267 e. The molecule has 2 aromatic rings. The van der Waals surface area contributed by atoms with E-state index in [0.717, 1.165) is 11.3 Å². The highest BCUT2D eigenvalue weighted by atomic mass is 32.1. The first kappa shape index (κ1) is 10.3. The van der Waals surface area contributed by atoms with Crippen LogP contribution in [0.3, 0.4) is 0 Å². The number of benzene rings is 1. The number of rotatable bonds is 2. The molecule has 0 aliphatic carbocycles. The first-order valence-corrected chi connectivity index (χ1v) is 6.16. The topological polar surface area (TPSA) is 51.2 Å². The molecule has 4 nitrogen and oxygen atoms in total. The van der Waals surface area contributed by atoms with Gasteiger partial charge in [0.1, 0.15) is 5.75 Å². The second-order valence-electron chi connectivity index (χ2n) is 3.74. The molecule has 17 heavy (non-hydrogen) atoms. The summed E-state index contributed by atoms with van der Waals surface area (Å²) in [6, 6.07) is 7.71. The smallest absolute Gasteiger partial charge is 0.267 e. The number of carbonyl (C=O) groups excluding carboxylic acids is 1. The van der Waals surface area contributed by atoms with Gasteiger partial charge in [-0.05, 0) is 11.6 Å². The van der Waals surface area contributed by atoms with Crippen LogP contribution in [0, 0.1) is 0 Å². The van der Waals surface area contributed by atoms with E-state index in [4.69, 9.17) is 4.74 Å². The lowest BCUT2D eigenvalue weighted by Crippen LogP contribution is -2.31. The number of aromatic nitrogens is 1. The molecule has 0 radical (unpaired) electrons. The number of amides is 1. The van der Waals surface area contributed by atoms with Gasteiger partial charge in [-0.15, -0.1) is 11.3 Å². The number of carbonyl (C=O) groups is 1. The normalized spacial score (nSPS) is 17.3. The molecular formula is C12H10N2O2S. The molecule has 5 heteroatoms. The van der Waals surface area contributed by atoms with Crippen molar-refractivity contribution in [1.29, 1.82) is 0 Å². The molecule has 0 fully saturated rings. The minimum Gasteiger partial charge on any atom is -0.480 e. The number of anilines is 1. The van der Waals surface area contributed by atoms with Crippen molar-refractivity contribution in [2.45, 2.75) is 12.5 Å². The summed E-state index contributed by atoms with van der Waals surface area (Å²) in [6.07, 6.45) is 1.83. The zero-order chi connectivity index (χ0) is 11.7. The van der Waals surface area contributed by atoms with E-state index in [2.05, 4.69) is 10.3 Å². The Morgan fingerprint density at radius 3 is 3.12 bits per heavy atom. The summed E-state index contributed by atoms with van der Waals surface area (Å²) in [4.78, 5) is 15.9. The molecule has 0 bridgehead atoms. The first-order chi connectivity index (χ1) is 8.33. The van der Waals surface area contributed by atoms with Gasteiger partial charge in [0.15, 0.2) is 11.2 Å². The zero-order valence-electron chi connectivity index (χ0n) is 8.92. The minimum absolute atomic E-state index is 0.142. The fourth-order valence-electron chi connectivity index (χ4n) is 1.80. The molecule has 1 aromatic carbocycles. The molecule has 1 aliphatic rings. The van der Waals surface area contributed by atoms with Gasteiger partial charge in [0, 0.05) is 18.0 Å². The summed E-state index contributed by atoms with van der Waals surface area (Å²) in [5.74, 6) is 0.655. The number of nitrogens with zero attached hydrogens (tertiary/aromatic N) is 1. The van der Waals surface area contributed by atoms with Gasteiger partial charge in [-0.3, -0.25) is 10.1 Å². The number of ether oxygens (including phenoxy) is 1. The molecule has 1 aliphatic heterocycles. The highest BCUT2D eigenvalue weighted by Gasteiger charge is 2.28. The van der Waals surface area contributed by atoms with Crippen molar-refractivity contribution in [1.82, 2.24) is 4.98 Å². The largest absolute Gasteiger partial charge is 0.480 e. The Kier molecular flexibility index (Phi) is 2.53. The Bertz CT molecular complexity index is 514. The molecule has 3 rings (SSSR count). The average molecular weight is 246 g/mol. The Hall–Kier alpha value is -1.88. The van der Waals surface area contributed by atoms with Gasteiger partial charge < -0.3 is 4.74 Å². The van der Waals surface area contributed by atoms with Crippen molar-refractivity contribution in [2.24, 2.45) is 0 Å². The molecule has 0 unspecified atom stereocenters. The minimum atomic E-state index is -0.448. The van der Waals surface area contributed by atoms with Crippen molar-refractivity contribution >= 4 is 22.4 Å². The number of hydrogen-bond acceptors (Lipinski definition) is 4. The number of fused-ring (bicyclic) bond motifs is 1. The molecule has 1 amide bonds. The zero-order valence-corrected chi connectivity index (χ0v) is 9.74. The van der Waals surface area contributed by atoms with Crippen LogP contribution in [0.25, 0.3) is 0 Å². The van der Waals surface area contributed by atoms with Crippen LogP contribution in [-0.4, -0.2) is 17.0 Å². The molecular weight excluding hydrogens is 236 g/mol. The summed E-state index contributed by atoms with van der Waals surface area (Å²) < 4.78 is 5.58. The van der Waals surface area contributed by atoms with Crippen molar-refractivity contribution in [3.8, 4) is 5.75 Å². The number of thiazole rings is 1. The lowest BCUT2D eigenvalue weighted by atomic mass is 10.1. The molecule has 0 saturated carbocycles. The Morgan fingerprint density at radius 2 is 2.35 bits per heavy atom. The average Bonchev–Trinajstić information content (AvgIpc) is 2.96. The molecule has 2 heterocycles. The van der Waals surface area contributed by atoms with Gasteiger partial charge in [0.25, 0.3) is 5.91 Å². The molecule has 86 valence electrons. The predicted octanol–water partition coefficient (Wildman–Crippen LogP) is 2.09. The van der Waals surface area contributed by atoms with E-state index in [-0.39, 0.29) is 5.91 Å².